The SMILES string of the molecule is CCc1ccccc1Oc1coc2cc(OC(=O)c3ccc(F)cc3)ccc2c1=O. The minimum absolute atomic E-state index is 0.0689. The van der Waals surface area contributed by atoms with Gasteiger partial charge in [-0.3, -0.25) is 4.79 Å². The van der Waals surface area contributed by atoms with Crippen molar-refractivity contribution in [2.45, 2.75) is 13.3 Å². The van der Waals surface area contributed by atoms with Gasteiger partial charge in [0.2, 0.25) is 11.2 Å². The fourth-order valence-corrected chi connectivity index (χ4v) is 2.99. The molecule has 0 aliphatic carbocycles. The molecular weight excluding hydrogens is 387 g/mol. The zero-order valence-corrected chi connectivity index (χ0v) is 16.1. The first-order chi connectivity index (χ1) is 14.5. The summed E-state index contributed by atoms with van der Waals surface area (Å²) in [6, 6.07) is 16.9. The van der Waals surface area contributed by atoms with E-state index in [1.807, 2.05) is 25.1 Å². The van der Waals surface area contributed by atoms with Crippen LogP contribution in [-0.2, 0) is 6.42 Å². The van der Waals surface area contributed by atoms with E-state index in [2.05, 4.69) is 0 Å². The smallest absolute Gasteiger partial charge is 0.343 e. The predicted molar refractivity (Wildman–Crippen MR) is 110 cm³/mol. The number of hydrogen-bond acceptors (Lipinski definition) is 5. The molecule has 3 aromatic carbocycles. The summed E-state index contributed by atoms with van der Waals surface area (Å²) in [6.07, 6.45) is 2.00. The van der Waals surface area contributed by atoms with E-state index in [0.717, 1.165) is 12.0 Å². The van der Waals surface area contributed by atoms with E-state index in [9.17, 15) is 14.0 Å². The number of fused-ring (bicyclic) bond motifs is 1. The summed E-state index contributed by atoms with van der Waals surface area (Å²) >= 11 is 0. The van der Waals surface area contributed by atoms with Crippen molar-refractivity contribution in [3.8, 4) is 17.2 Å². The molecule has 150 valence electrons. The quantitative estimate of drug-likeness (QED) is 0.324. The highest BCUT2D eigenvalue weighted by Gasteiger charge is 2.14. The van der Waals surface area contributed by atoms with Crippen LogP contribution in [0.4, 0.5) is 4.39 Å². The van der Waals surface area contributed by atoms with Crippen LogP contribution in [0.25, 0.3) is 11.0 Å². The van der Waals surface area contributed by atoms with E-state index in [1.54, 1.807) is 6.07 Å². The van der Waals surface area contributed by atoms with E-state index in [4.69, 9.17) is 13.9 Å². The maximum absolute atomic E-state index is 13.0. The van der Waals surface area contributed by atoms with Crippen molar-refractivity contribution in [2.24, 2.45) is 0 Å². The van der Waals surface area contributed by atoms with E-state index < -0.39 is 11.8 Å². The van der Waals surface area contributed by atoms with Gasteiger partial charge < -0.3 is 13.9 Å². The Balaban J connectivity index is 1.60. The fourth-order valence-electron chi connectivity index (χ4n) is 2.99. The Bertz CT molecular complexity index is 1280. The average Bonchev–Trinajstić information content (AvgIpc) is 2.76. The Hall–Kier alpha value is -3.93. The van der Waals surface area contributed by atoms with Crippen molar-refractivity contribution in [3.63, 3.8) is 0 Å². The van der Waals surface area contributed by atoms with E-state index in [0.29, 0.717) is 11.1 Å². The summed E-state index contributed by atoms with van der Waals surface area (Å²) in [6.45, 7) is 2.00. The molecule has 0 amide bonds. The number of carbonyl (C=O) groups is 1. The molecule has 0 atom stereocenters. The van der Waals surface area contributed by atoms with Gasteiger partial charge in [-0.05, 0) is 54.4 Å². The van der Waals surface area contributed by atoms with Crippen LogP contribution in [0.3, 0.4) is 0 Å². The first-order valence-electron chi connectivity index (χ1n) is 9.34. The highest BCUT2D eigenvalue weighted by Crippen LogP contribution is 2.26. The second kappa shape index (κ2) is 8.21. The summed E-state index contributed by atoms with van der Waals surface area (Å²) in [5, 5.41) is 0.295. The van der Waals surface area contributed by atoms with Crippen LogP contribution in [0, 0.1) is 5.82 Å². The van der Waals surface area contributed by atoms with Crippen LogP contribution in [-0.4, -0.2) is 5.97 Å². The molecule has 4 aromatic rings. The molecule has 0 fully saturated rings. The van der Waals surface area contributed by atoms with Crippen LogP contribution >= 0.6 is 0 Å². The number of ether oxygens (including phenoxy) is 2. The van der Waals surface area contributed by atoms with Crippen LogP contribution in [0.15, 0.2) is 82.2 Å². The van der Waals surface area contributed by atoms with E-state index in [-0.39, 0.29) is 28.1 Å². The Morgan fingerprint density at radius 3 is 2.53 bits per heavy atom. The van der Waals surface area contributed by atoms with Crippen LogP contribution < -0.4 is 14.9 Å². The van der Waals surface area contributed by atoms with E-state index in [1.165, 1.54) is 48.7 Å². The number of esters is 1. The molecule has 1 aromatic heterocycles. The molecular formula is C24H17FO5. The lowest BCUT2D eigenvalue weighted by molar-refractivity contribution is 0.0735. The molecule has 0 bridgehead atoms. The summed E-state index contributed by atoms with van der Waals surface area (Å²) in [4.78, 5) is 25.0. The molecule has 0 spiro atoms. The number of benzene rings is 3. The topological polar surface area (TPSA) is 65.7 Å². The molecule has 1 heterocycles. The largest absolute Gasteiger partial charge is 0.460 e. The highest BCUT2D eigenvalue weighted by atomic mass is 19.1. The molecule has 0 aliphatic heterocycles. The Labute approximate surface area is 171 Å². The van der Waals surface area contributed by atoms with Gasteiger partial charge in [-0.15, -0.1) is 0 Å². The van der Waals surface area contributed by atoms with Crippen molar-refractivity contribution < 1.29 is 23.1 Å². The summed E-state index contributed by atoms with van der Waals surface area (Å²) in [5.74, 6) is -0.229. The second-order valence-corrected chi connectivity index (χ2v) is 6.55. The average molecular weight is 404 g/mol. The van der Waals surface area contributed by atoms with Crippen molar-refractivity contribution >= 4 is 16.9 Å². The van der Waals surface area contributed by atoms with Gasteiger partial charge in [0, 0.05) is 6.07 Å². The molecule has 0 aliphatic rings. The van der Waals surface area contributed by atoms with Crippen molar-refractivity contribution in [1.29, 1.82) is 0 Å². The second-order valence-electron chi connectivity index (χ2n) is 6.55. The minimum atomic E-state index is -0.646. The third-order valence-corrected chi connectivity index (χ3v) is 4.58. The molecule has 0 N–H and O–H groups in total. The first kappa shape index (κ1) is 19.4. The van der Waals surface area contributed by atoms with Crippen LogP contribution in [0.5, 0.6) is 17.2 Å². The van der Waals surface area contributed by atoms with Crippen LogP contribution in [0.2, 0.25) is 0 Å². The maximum atomic E-state index is 13.0. The molecule has 4 rings (SSSR count). The number of halogens is 1. The van der Waals surface area contributed by atoms with Gasteiger partial charge in [0.25, 0.3) is 0 Å². The van der Waals surface area contributed by atoms with Gasteiger partial charge in [0.15, 0.2) is 0 Å². The Kier molecular flexibility index (Phi) is 5.30. The van der Waals surface area contributed by atoms with Gasteiger partial charge in [0.05, 0.1) is 10.9 Å². The maximum Gasteiger partial charge on any atom is 0.343 e. The first-order valence-corrected chi connectivity index (χ1v) is 9.34. The summed E-state index contributed by atoms with van der Waals surface area (Å²) < 4.78 is 29.6. The molecule has 0 saturated carbocycles. The van der Waals surface area contributed by atoms with E-state index >= 15 is 0 Å². The normalized spacial score (nSPS) is 10.7. The Morgan fingerprint density at radius 2 is 1.77 bits per heavy atom. The van der Waals surface area contributed by atoms with Crippen molar-refractivity contribution in [1.82, 2.24) is 0 Å². The molecule has 30 heavy (non-hydrogen) atoms. The Morgan fingerprint density at radius 1 is 1.00 bits per heavy atom. The molecule has 0 unspecified atom stereocenters. The van der Waals surface area contributed by atoms with Gasteiger partial charge >= 0.3 is 5.97 Å². The summed E-state index contributed by atoms with van der Waals surface area (Å²) in [5.41, 5.74) is 1.09. The highest BCUT2D eigenvalue weighted by molar-refractivity contribution is 5.91. The summed E-state index contributed by atoms with van der Waals surface area (Å²) in [7, 11) is 0. The number of rotatable bonds is 5. The molecule has 6 heteroatoms. The third-order valence-electron chi connectivity index (χ3n) is 4.58. The van der Waals surface area contributed by atoms with Gasteiger partial charge in [-0.2, -0.15) is 0 Å². The van der Waals surface area contributed by atoms with Crippen molar-refractivity contribution in [3.05, 3.63) is 100 Å². The number of aryl methyl sites for hydroxylation is 1. The number of para-hydroxylation sites is 1. The monoisotopic (exact) mass is 404 g/mol. The predicted octanol–water partition coefficient (Wildman–Crippen LogP) is 5.51. The standard InChI is InChI=1S/C24H17FO5/c1-2-15-5-3-4-6-20(15)30-22-14-28-21-13-18(11-12-19(21)23(22)26)29-24(27)16-7-9-17(25)10-8-16/h3-14H,2H2,1H3. The zero-order chi connectivity index (χ0) is 21.1. The lowest BCUT2D eigenvalue weighted by Crippen LogP contribution is -2.09. The minimum Gasteiger partial charge on any atom is -0.460 e. The zero-order valence-electron chi connectivity index (χ0n) is 16.1. The van der Waals surface area contributed by atoms with Crippen LogP contribution in [0.1, 0.15) is 22.8 Å². The lowest BCUT2D eigenvalue weighted by atomic mass is 10.1. The number of carbonyl (C=O) groups excluding carboxylic acids is 1. The van der Waals surface area contributed by atoms with Gasteiger partial charge in [-0.1, -0.05) is 25.1 Å². The molecule has 0 saturated heterocycles. The number of hydrogen-bond donors (Lipinski definition) is 0. The molecule has 5 nitrogen and oxygen atoms in total. The third kappa shape index (κ3) is 3.93. The fraction of sp³-hybridized carbons (Fsp3) is 0.0833. The van der Waals surface area contributed by atoms with Crippen molar-refractivity contribution in [2.75, 3.05) is 0 Å². The lowest BCUT2D eigenvalue weighted by Gasteiger charge is -2.10. The van der Waals surface area contributed by atoms with Gasteiger partial charge in [0.1, 0.15) is 29.2 Å². The van der Waals surface area contributed by atoms with Gasteiger partial charge in [-0.25, -0.2) is 9.18 Å². The molecule has 0 radical (unpaired) electrons.